The minimum Gasteiger partial charge on any atom is -0.481 e. The second-order valence-electron chi connectivity index (χ2n) is 4.78. The van der Waals surface area contributed by atoms with Crippen LogP contribution in [0.2, 0.25) is 0 Å². The average Bonchev–Trinajstić information content (AvgIpc) is 2.70. The third-order valence-electron chi connectivity index (χ3n) is 3.42. The molecule has 1 aromatic heterocycles. The van der Waals surface area contributed by atoms with Crippen molar-refractivity contribution in [2.45, 2.75) is 24.8 Å². The van der Waals surface area contributed by atoms with Crippen LogP contribution in [-0.2, 0) is 21.9 Å². The number of aliphatic carboxylic acids is 1. The van der Waals surface area contributed by atoms with Gasteiger partial charge in [-0.25, -0.2) is 13.4 Å². The van der Waals surface area contributed by atoms with Gasteiger partial charge in [0.15, 0.2) is 5.03 Å². The topological polar surface area (TPSA) is 92.5 Å². The number of carboxylic acid groups (broad SMARTS) is 1. The van der Waals surface area contributed by atoms with Crippen molar-refractivity contribution < 1.29 is 18.3 Å². The summed E-state index contributed by atoms with van der Waals surface area (Å²) in [5.41, 5.74) is 0. The van der Waals surface area contributed by atoms with E-state index in [-0.39, 0.29) is 11.6 Å². The molecule has 0 radical (unpaired) electrons. The molecule has 0 aliphatic carbocycles. The number of sulfonamides is 1. The van der Waals surface area contributed by atoms with Gasteiger partial charge in [0.05, 0.1) is 5.92 Å². The molecule has 1 aromatic rings. The van der Waals surface area contributed by atoms with Crippen molar-refractivity contribution in [3.05, 3.63) is 12.0 Å². The van der Waals surface area contributed by atoms with Crippen LogP contribution in [0.3, 0.4) is 0 Å². The Bertz CT molecular complexity index is 574. The van der Waals surface area contributed by atoms with E-state index < -0.39 is 21.9 Å². The molecule has 106 valence electrons. The van der Waals surface area contributed by atoms with Crippen LogP contribution < -0.4 is 0 Å². The summed E-state index contributed by atoms with van der Waals surface area (Å²) in [6.07, 6.45) is 2.53. The lowest BCUT2D eigenvalue weighted by molar-refractivity contribution is -0.142. The van der Waals surface area contributed by atoms with Gasteiger partial charge in [0.2, 0.25) is 0 Å². The second-order valence-corrected chi connectivity index (χ2v) is 6.66. The first-order valence-electron chi connectivity index (χ1n) is 6.05. The zero-order valence-corrected chi connectivity index (χ0v) is 11.7. The molecule has 2 heterocycles. The number of carboxylic acids is 1. The highest BCUT2D eigenvalue weighted by molar-refractivity contribution is 7.89. The molecule has 1 fully saturated rings. The molecule has 1 atom stereocenters. The summed E-state index contributed by atoms with van der Waals surface area (Å²) in [5.74, 6) is -0.976. The maximum Gasteiger partial charge on any atom is 0.307 e. The Morgan fingerprint density at radius 1 is 1.53 bits per heavy atom. The fraction of sp³-hybridized carbons (Fsp3) is 0.636. The molecule has 2 rings (SSSR count). The molecule has 7 nitrogen and oxygen atoms in total. The van der Waals surface area contributed by atoms with E-state index in [1.54, 1.807) is 18.5 Å². The Hall–Kier alpha value is -1.41. The fourth-order valence-electron chi connectivity index (χ4n) is 2.15. The smallest absolute Gasteiger partial charge is 0.307 e. The van der Waals surface area contributed by atoms with E-state index in [1.807, 2.05) is 0 Å². The number of carbonyl (C=O) groups is 1. The van der Waals surface area contributed by atoms with E-state index in [9.17, 15) is 13.2 Å². The number of aromatic nitrogens is 2. The highest BCUT2D eigenvalue weighted by atomic mass is 32.2. The first-order valence-corrected chi connectivity index (χ1v) is 7.49. The SMILES string of the molecule is Cc1nc(S(=O)(=O)N2CCC[C@H](C(=O)O)C2)cn1C. The number of hydrogen-bond donors (Lipinski definition) is 1. The molecule has 0 amide bonds. The normalized spacial score (nSPS) is 21.5. The van der Waals surface area contributed by atoms with E-state index >= 15 is 0 Å². The van der Waals surface area contributed by atoms with E-state index in [0.29, 0.717) is 25.2 Å². The van der Waals surface area contributed by atoms with E-state index in [0.717, 1.165) is 0 Å². The van der Waals surface area contributed by atoms with Gasteiger partial charge in [-0.15, -0.1) is 0 Å². The zero-order valence-electron chi connectivity index (χ0n) is 10.9. The highest BCUT2D eigenvalue weighted by Crippen LogP contribution is 2.23. The van der Waals surface area contributed by atoms with Gasteiger partial charge >= 0.3 is 5.97 Å². The maximum absolute atomic E-state index is 12.4. The number of aryl methyl sites for hydroxylation is 2. The Morgan fingerprint density at radius 2 is 2.21 bits per heavy atom. The summed E-state index contributed by atoms with van der Waals surface area (Å²) in [5, 5.41) is 8.98. The van der Waals surface area contributed by atoms with Crippen LogP contribution in [-0.4, -0.2) is 46.4 Å². The first kappa shape index (κ1) is 14.0. The monoisotopic (exact) mass is 287 g/mol. The number of nitrogens with zero attached hydrogens (tertiary/aromatic N) is 3. The number of rotatable bonds is 3. The molecule has 0 bridgehead atoms. The summed E-state index contributed by atoms with van der Waals surface area (Å²) in [4.78, 5) is 15.0. The van der Waals surface area contributed by atoms with Crippen LogP contribution >= 0.6 is 0 Å². The summed E-state index contributed by atoms with van der Waals surface area (Å²) >= 11 is 0. The number of imidazole rings is 1. The van der Waals surface area contributed by atoms with Crippen molar-refractivity contribution >= 4 is 16.0 Å². The van der Waals surface area contributed by atoms with Gasteiger partial charge in [0.25, 0.3) is 10.0 Å². The summed E-state index contributed by atoms with van der Waals surface area (Å²) in [6, 6.07) is 0. The molecule has 19 heavy (non-hydrogen) atoms. The maximum atomic E-state index is 12.4. The molecular formula is C11H17N3O4S. The Morgan fingerprint density at radius 3 is 2.74 bits per heavy atom. The van der Waals surface area contributed by atoms with Crippen LogP contribution in [0.4, 0.5) is 0 Å². The lowest BCUT2D eigenvalue weighted by Crippen LogP contribution is -2.42. The third-order valence-corrected chi connectivity index (χ3v) is 5.16. The Labute approximate surface area is 111 Å². The van der Waals surface area contributed by atoms with Gasteiger partial charge in [0, 0.05) is 26.3 Å². The molecule has 1 aliphatic rings. The van der Waals surface area contributed by atoms with Gasteiger partial charge in [-0.05, 0) is 19.8 Å². The van der Waals surface area contributed by atoms with Crippen LogP contribution in [0, 0.1) is 12.8 Å². The highest BCUT2D eigenvalue weighted by Gasteiger charge is 2.34. The quantitative estimate of drug-likeness (QED) is 0.858. The van der Waals surface area contributed by atoms with Crippen molar-refractivity contribution in [3.8, 4) is 0 Å². The summed E-state index contributed by atoms with van der Waals surface area (Å²) in [7, 11) is -1.97. The molecule has 0 saturated carbocycles. The molecular weight excluding hydrogens is 270 g/mol. The minimum atomic E-state index is -3.69. The van der Waals surface area contributed by atoms with E-state index in [4.69, 9.17) is 5.11 Å². The largest absolute Gasteiger partial charge is 0.481 e. The van der Waals surface area contributed by atoms with Gasteiger partial charge in [-0.2, -0.15) is 4.31 Å². The number of hydrogen-bond acceptors (Lipinski definition) is 4. The minimum absolute atomic E-state index is 0.0152. The van der Waals surface area contributed by atoms with Gasteiger partial charge in [0.1, 0.15) is 5.82 Å². The molecule has 1 N–H and O–H groups in total. The average molecular weight is 287 g/mol. The van der Waals surface area contributed by atoms with Crippen molar-refractivity contribution in [1.82, 2.24) is 13.9 Å². The Kier molecular flexibility index (Phi) is 3.64. The van der Waals surface area contributed by atoms with Crippen molar-refractivity contribution in [1.29, 1.82) is 0 Å². The predicted octanol–water partition coefficient (Wildman–Crippen LogP) is 0.214. The molecule has 1 saturated heterocycles. The molecule has 0 unspecified atom stereocenters. The molecule has 1 aliphatic heterocycles. The first-order chi connectivity index (χ1) is 8.82. The summed E-state index contributed by atoms with van der Waals surface area (Å²) < 4.78 is 27.6. The van der Waals surface area contributed by atoms with Crippen LogP contribution in [0.25, 0.3) is 0 Å². The Balaban J connectivity index is 2.26. The number of piperidine rings is 1. The standard InChI is InChI=1S/C11H17N3O4S/c1-8-12-10(7-13(8)2)19(17,18)14-5-3-4-9(6-14)11(15)16/h7,9H,3-6H2,1-2H3,(H,15,16)/t9-/m0/s1. The lowest BCUT2D eigenvalue weighted by Gasteiger charge is -2.29. The van der Waals surface area contributed by atoms with Crippen molar-refractivity contribution in [3.63, 3.8) is 0 Å². The van der Waals surface area contributed by atoms with Crippen molar-refractivity contribution in [2.24, 2.45) is 13.0 Å². The van der Waals surface area contributed by atoms with Gasteiger partial charge < -0.3 is 9.67 Å². The molecule has 8 heteroatoms. The van der Waals surface area contributed by atoms with E-state index in [2.05, 4.69) is 4.98 Å². The van der Waals surface area contributed by atoms with Crippen LogP contribution in [0.5, 0.6) is 0 Å². The van der Waals surface area contributed by atoms with Gasteiger partial charge in [-0.3, -0.25) is 4.79 Å². The third kappa shape index (κ3) is 2.64. The van der Waals surface area contributed by atoms with Crippen LogP contribution in [0.15, 0.2) is 11.2 Å². The molecule has 0 spiro atoms. The predicted molar refractivity (Wildman–Crippen MR) is 67.1 cm³/mol. The fourth-order valence-corrected chi connectivity index (χ4v) is 3.69. The lowest BCUT2D eigenvalue weighted by atomic mass is 10.0. The van der Waals surface area contributed by atoms with Gasteiger partial charge in [-0.1, -0.05) is 0 Å². The second kappa shape index (κ2) is 4.93. The zero-order chi connectivity index (χ0) is 14.2. The van der Waals surface area contributed by atoms with Crippen LogP contribution in [0.1, 0.15) is 18.7 Å². The van der Waals surface area contributed by atoms with Crippen molar-refractivity contribution in [2.75, 3.05) is 13.1 Å². The van der Waals surface area contributed by atoms with E-state index in [1.165, 1.54) is 10.5 Å². The molecule has 0 aromatic carbocycles. The summed E-state index contributed by atoms with van der Waals surface area (Å²) in [6.45, 7) is 2.09.